The Bertz CT molecular complexity index is 803. The van der Waals surface area contributed by atoms with Gasteiger partial charge in [-0.1, -0.05) is 56.3 Å². The Morgan fingerprint density at radius 3 is 2.67 bits per heavy atom. The highest BCUT2D eigenvalue weighted by atomic mass is 35.5. The van der Waals surface area contributed by atoms with Crippen molar-refractivity contribution in [3.05, 3.63) is 58.4 Å². The number of fused-ring (bicyclic) bond motifs is 1. The van der Waals surface area contributed by atoms with Gasteiger partial charge in [0.25, 0.3) is 0 Å². The summed E-state index contributed by atoms with van der Waals surface area (Å²) in [5.74, 6) is 1.31. The Balaban J connectivity index is 0.00000320. The van der Waals surface area contributed by atoms with E-state index in [0.29, 0.717) is 6.54 Å². The Hall–Kier alpha value is -1.49. The van der Waals surface area contributed by atoms with Crippen LogP contribution in [-0.2, 0) is 6.54 Å². The zero-order valence-electron chi connectivity index (χ0n) is 17.8. The zero-order valence-corrected chi connectivity index (χ0v) is 19.3. The van der Waals surface area contributed by atoms with E-state index in [0.717, 1.165) is 35.5 Å². The quantitative estimate of drug-likeness (QED) is 0.382. The van der Waals surface area contributed by atoms with Crippen LogP contribution in [0.15, 0.2) is 36.4 Å². The number of benzene rings is 2. The summed E-state index contributed by atoms with van der Waals surface area (Å²) in [6, 6.07) is 11.1. The van der Waals surface area contributed by atoms with Crippen molar-refractivity contribution in [3.8, 4) is 11.5 Å². The first-order chi connectivity index (χ1) is 14.1. The summed E-state index contributed by atoms with van der Waals surface area (Å²) in [4.78, 5) is 0. The van der Waals surface area contributed by atoms with E-state index in [1.165, 1.54) is 38.2 Å². The predicted octanol–water partition coefficient (Wildman–Crippen LogP) is 7.25. The van der Waals surface area contributed by atoms with Crippen molar-refractivity contribution in [1.29, 1.82) is 0 Å². The number of hydrogen-bond donors (Lipinski definition) is 1. The lowest BCUT2D eigenvalue weighted by atomic mass is 9.93. The van der Waals surface area contributed by atoms with Crippen LogP contribution in [0.2, 0.25) is 5.02 Å². The molecule has 1 aliphatic rings. The van der Waals surface area contributed by atoms with Crippen LogP contribution >= 0.6 is 24.0 Å². The van der Waals surface area contributed by atoms with Gasteiger partial charge in [0, 0.05) is 30.6 Å². The number of hydrogen-bond acceptors (Lipinski definition) is 3. The molecule has 0 saturated heterocycles. The fourth-order valence-corrected chi connectivity index (χ4v) is 4.09. The van der Waals surface area contributed by atoms with E-state index in [-0.39, 0.29) is 35.4 Å². The number of rotatable bonds is 10. The van der Waals surface area contributed by atoms with E-state index >= 15 is 0 Å². The molecule has 2 unspecified atom stereocenters. The fourth-order valence-electron chi connectivity index (χ4n) is 3.89. The smallest absolute Gasteiger partial charge is 0.141 e. The average Bonchev–Trinajstić information content (AvgIpc) is 2.73. The van der Waals surface area contributed by atoms with Crippen molar-refractivity contribution in [2.45, 2.75) is 70.6 Å². The fraction of sp³-hybridized carbons (Fsp3) is 0.500. The Morgan fingerprint density at radius 2 is 1.93 bits per heavy atom. The summed E-state index contributed by atoms with van der Waals surface area (Å²) < 4.78 is 25.1. The van der Waals surface area contributed by atoms with Crippen LogP contribution in [0.3, 0.4) is 0 Å². The Labute approximate surface area is 190 Å². The number of nitrogens with one attached hydrogen (secondary N) is 1. The maximum absolute atomic E-state index is 13.4. The first-order valence-corrected chi connectivity index (χ1v) is 11.0. The molecule has 0 amide bonds. The third-order valence-corrected chi connectivity index (χ3v) is 5.84. The molecule has 3 rings (SSSR count). The molecule has 3 nitrogen and oxygen atoms in total. The van der Waals surface area contributed by atoms with Crippen LogP contribution in [0.5, 0.6) is 11.5 Å². The highest BCUT2D eigenvalue weighted by Gasteiger charge is 2.28. The topological polar surface area (TPSA) is 30.5 Å². The highest BCUT2D eigenvalue weighted by molar-refractivity contribution is 6.30. The van der Waals surface area contributed by atoms with Crippen LogP contribution < -0.4 is 14.8 Å². The van der Waals surface area contributed by atoms with Gasteiger partial charge >= 0.3 is 0 Å². The van der Waals surface area contributed by atoms with Gasteiger partial charge in [0.1, 0.15) is 23.4 Å². The van der Waals surface area contributed by atoms with E-state index in [4.69, 9.17) is 21.1 Å². The zero-order chi connectivity index (χ0) is 20.6. The molecule has 2 aromatic rings. The molecule has 0 aromatic heterocycles. The van der Waals surface area contributed by atoms with Gasteiger partial charge in [0.15, 0.2) is 0 Å². The second kappa shape index (κ2) is 12.4. The maximum Gasteiger partial charge on any atom is 0.141 e. The molecule has 166 valence electrons. The molecule has 2 aromatic carbocycles. The van der Waals surface area contributed by atoms with Crippen molar-refractivity contribution < 1.29 is 13.9 Å². The first kappa shape index (κ1) is 24.8. The molecule has 0 radical (unpaired) electrons. The monoisotopic (exact) mass is 455 g/mol. The van der Waals surface area contributed by atoms with Gasteiger partial charge in [-0.3, -0.25) is 0 Å². The van der Waals surface area contributed by atoms with Crippen LogP contribution in [0.1, 0.15) is 69.0 Å². The molecule has 1 heterocycles. The molecule has 0 saturated carbocycles. The normalized spacial score (nSPS) is 17.6. The Morgan fingerprint density at radius 1 is 1.13 bits per heavy atom. The third kappa shape index (κ3) is 6.76. The van der Waals surface area contributed by atoms with Crippen molar-refractivity contribution >= 4 is 24.0 Å². The first-order valence-electron chi connectivity index (χ1n) is 10.6. The van der Waals surface area contributed by atoms with Gasteiger partial charge in [-0.2, -0.15) is 0 Å². The molecular formula is C24H32Cl2FNO2. The van der Waals surface area contributed by atoms with Crippen molar-refractivity contribution in [3.63, 3.8) is 0 Å². The van der Waals surface area contributed by atoms with Gasteiger partial charge in [0.2, 0.25) is 0 Å². The van der Waals surface area contributed by atoms with Gasteiger partial charge < -0.3 is 14.8 Å². The molecule has 1 aliphatic heterocycles. The minimum Gasteiger partial charge on any atom is -0.497 e. The van der Waals surface area contributed by atoms with Gasteiger partial charge in [-0.15, -0.1) is 12.4 Å². The molecule has 0 aliphatic carbocycles. The van der Waals surface area contributed by atoms with E-state index < -0.39 is 0 Å². The lowest BCUT2D eigenvalue weighted by Crippen LogP contribution is -2.32. The van der Waals surface area contributed by atoms with Crippen molar-refractivity contribution in [1.82, 2.24) is 5.32 Å². The van der Waals surface area contributed by atoms with Gasteiger partial charge in [0.05, 0.1) is 12.1 Å². The van der Waals surface area contributed by atoms with Crippen LogP contribution in [0.4, 0.5) is 4.39 Å². The number of ether oxygens (including phenoxy) is 2. The summed E-state index contributed by atoms with van der Waals surface area (Å²) in [5, 5.41) is 3.78. The van der Waals surface area contributed by atoms with Crippen LogP contribution in [-0.4, -0.2) is 13.2 Å². The predicted molar refractivity (Wildman–Crippen MR) is 124 cm³/mol. The molecular weight excluding hydrogens is 424 g/mol. The second-order valence-electron chi connectivity index (χ2n) is 7.76. The summed E-state index contributed by atoms with van der Waals surface area (Å²) in [6.45, 7) is 2.86. The average molecular weight is 456 g/mol. The number of methoxy groups -OCH3 is 1. The van der Waals surface area contributed by atoms with Crippen molar-refractivity contribution in [2.24, 2.45) is 0 Å². The van der Waals surface area contributed by atoms with E-state index in [2.05, 4.69) is 18.3 Å². The SMILES string of the molecule is CCCCCCCC1CC(NCc2ccc(F)c(Cl)c2)c2ccc(OC)cc2O1.Cl. The third-order valence-electron chi connectivity index (χ3n) is 5.55. The van der Waals surface area contributed by atoms with Gasteiger partial charge in [-0.05, 0) is 36.6 Å². The molecule has 0 fully saturated rings. The molecule has 0 bridgehead atoms. The summed E-state index contributed by atoms with van der Waals surface area (Å²) in [5.41, 5.74) is 2.11. The molecule has 1 N–H and O–H groups in total. The standard InChI is InChI=1S/C24H31ClFNO2.ClH/c1-3-4-5-6-7-8-19-14-23(20-11-10-18(28-2)15-24(20)29-19)27-16-17-9-12-22(26)21(25)13-17;/h9-13,15,19,23,27H,3-8,14,16H2,1-2H3;1H. The van der Waals surface area contributed by atoms with E-state index in [1.807, 2.05) is 12.1 Å². The lowest BCUT2D eigenvalue weighted by molar-refractivity contribution is 0.137. The molecule has 30 heavy (non-hydrogen) atoms. The van der Waals surface area contributed by atoms with Crippen molar-refractivity contribution in [2.75, 3.05) is 7.11 Å². The molecule has 6 heteroatoms. The molecule has 2 atom stereocenters. The largest absolute Gasteiger partial charge is 0.497 e. The maximum atomic E-state index is 13.4. The van der Waals surface area contributed by atoms with Crippen LogP contribution in [0, 0.1) is 5.82 Å². The number of halogens is 3. The van der Waals surface area contributed by atoms with Gasteiger partial charge in [-0.25, -0.2) is 4.39 Å². The lowest BCUT2D eigenvalue weighted by Gasteiger charge is -2.33. The highest BCUT2D eigenvalue weighted by Crippen LogP contribution is 2.38. The minimum atomic E-state index is -0.387. The second-order valence-corrected chi connectivity index (χ2v) is 8.17. The van der Waals surface area contributed by atoms with Crippen LogP contribution in [0.25, 0.3) is 0 Å². The minimum absolute atomic E-state index is 0. The van der Waals surface area contributed by atoms with E-state index in [1.54, 1.807) is 19.2 Å². The molecule has 0 spiro atoms. The van der Waals surface area contributed by atoms with E-state index in [9.17, 15) is 4.39 Å². The summed E-state index contributed by atoms with van der Waals surface area (Å²) in [6.07, 6.45) is 8.45. The Kier molecular flexibility index (Phi) is 10.2. The number of unbranched alkanes of at least 4 members (excludes halogenated alkanes) is 4. The summed E-state index contributed by atoms with van der Waals surface area (Å²) in [7, 11) is 1.67. The summed E-state index contributed by atoms with van der Waals surface area (Å²) >= 11 is 5.93.